The van der Waals surface area contributed by atoms with E-state index in [1.807, 2.05) is 19.2 Å². The highest BCUT2D eigenvalue weighted by molar-refractivity contribution is 7.83. The predicted molar refractivity (Wildman–Crippen MR) is 76.0 cm³/mol. The van der Waals surface area contributed by atoms with Crippen LogP contribution >= 0.6 is 0 Å². The fraction of sp³-hybridized carbons (Fsp3) is 0.462. The molecular weight excluding hydrogens is 246 g/mol. The zero-order valence-corrected chi connectivity index (χ0v) is 11.7. The van der Waals surface area contributed by atoms with Gasteiger partial charge in [-0.15, -0.1) is 0 Å². The molecule has 0 spiro atoms. The molecule has 5 heteroatoms. The molecule has 1 aromatic carbocycles. The van der Waals surface area contributed by atoms with Crippen molar-refractivity contribution in [2.24, 2.45) is 4.99 Å². The third kappa shape index (κ3) is 3.57. The quantitative estimate of drug-likeness (QED) is 0.882. The fourth-order valence-corrected chi connectivity index (χ4v) is 2.55. The van der Waals surface area contributed by atoms with Gasteiger partial charge in [-0.1, -0.05) is 24.3 Å². The molecule has 1 aliphatic rings. The van der Waals surface area contributed by atoms with Crippen molar-refractivity contribution in [3.05, 3.63) is 35.4 Å². The maximum Gasteiger partial charge on any atom is 0.194 e. The summed E-state index contributed by atoms with van der Waals surface area (Å²) in [4.78, 5) is 6.50. The Kier molecular flexibility index (Phi) is 4.36. The summed E-state index contributed by atoms with van der Waals surface area (Å²) in [7, 11) is 1.27. The second kappa shape index (κ2) is 6.00. The minimum Gasteiger partial charge on any atom is -0.352 e. The Morgan fingerprint density at radius 3 is 2.56 bits per heavy atom. The van der Waals surface area contributed by atoms with Crippen LogP contribution in [0.25, 0.3) is 0 Å². The van der Waals surface area contributed by atoms with Crippen molar-refractivity contribution in [3.8, 4) is 0 Å². The van der Waals surface area contributed by atoms with E-state index in [9.17, 15) is 4.21 Å². The third-order valence-corrected chi connectivity index (χ3v) is 3.64. The van der Waals surface area contributed by atoms with Crippen molar-refractivity contribution < 1.29 is 4.21 Å². The molecule has 2 rings (SSSR count). The molecular formula is C13H19N3OS. The van der Waals surface area contributed by atoms with Crippen molar-refractivity contribution in [1.82, 2.24) is 10.2 Å². The van der Waals surface area contributed by atoms with E-state index < -0.39 is 10.8 Å². The number of hydrogen-bond donors (Lipinski definition) is 1. The van der Waals surface area contributed by atoms with Crippen LogP contribution in [0.4, 0.5) is 0 Å². The SMILES string of the molecule is CN1CCN=C1NCc1ccc(CS(C)=O)cc1. The number of guanidine groups is 1. The molecule has 0 aromatic heterocycles. The first kappa shape index (κ1) is 13.1. The average molecular weight is 265 g/mol. The van der Waals surface area contributed by atoms with Crippen molar-refractivity contribution in [2.45, 2.75) is 12.3 Å². The van der Waals surface area contributed by atoms with Crippen LogP contribution in [0.15, 0.2) is 29.3 Å². The molecule has 0 bridgehead atoms. The summed E-state index contributed by atoms with van der Waals surface area (Å²) < 4.78 is 11.1. The van der Waals surface area contributed by atoms with Gasteiger partial charge >= 0.3 is 0 Å². The number of nitrogens with zero attached hydrogens (tertiary/aromatic N) is 2. The number of benzene rings is 1. The topological polar surface area (TPSA) is 44.7 Å². The van der Waals surface area contributed by atoms with Crippen LogP contribution in [0, 0.1) is 0 Å². The largest absolute Gasteiger partial charge is 0.352 e. The molecule has 1 unspecified atom stereocenters. The second-order valence-electron chi connectivity index (χ2n) is 4.51. The number of nitrogens with one attached hydrogen (secondary N) is 1. The molecule has 1 aliphatic heterocycles. The monoisotopic (exact) mass is 265 g/mol. The summed E-state index contributed by atoms with van der Waals surface area (Å²) in [5.41, 5.74) is 2.33. The molecule has 0 radical (unpaired) electrons. The summed E-state index contributed by atoms with van der Waals surface area (Å²) in [6.45, 7) is 2.64. The van der Waals surface area contributed by atoms with Gasteiger partial charge in [0.15, 0.2) is 5.96 Å². The number of likely N-dealkylation sites (N-methyl/N-ethyl adjacent to an activating group) is 1. The summed E-state index contributed by atoms with van der Waals surface area (Å²) in [5, 5.41) is 3.32. The van der Waals surface area contributed by atoms with Crippen LogP contribution in [-0.2, 0) is 23.1 Å². The highest BCUT2D eigenvalue weighted by atomic mass is 32.2. The van der Waals surface area contributed by atoms with Crippen LogP contribution in [0.3, 0.4) is 0 Å². The normalized spacial score (nSPS) is 16.6. The molecule has 0 fully saturated rings. The van der Waals surface area contributed by atoms with Gasteiger partial charge in [-0.25, -0.2) is 0 Å². The van der Waals surface area contributed by atoms with E-state index in [1.165, 1.54) is 5.56 Å². The van der Waals surface area contributed by atoms with Gasteiger partial charge in [-0.2, -0.15) is 0 Å². The summed E-state index contributed by atoms with van der Waals surface area (Å²) >= 11 is 0. The van der Waals surface area contributed by atoms with E-state index in [1.54, 1.807) is 6.26 Å². The van der Waals surface area contributed by atoms with Crippen LogP contribution in [0.5, 0.6) is 0 Å². The molecule has 1 atom stereocenters. The van der Waals surface area contributed by atoms with Crippen LogP contribution < -0.4 is 5.32 Å². The van der Waals surface area contributed by atoms with Crippen LogP contribution in [-0.4, -0.2) is 41.5 Å². The Morgan fingerprint density at radius 1 is 1.33 bits per heavy atom. The van der Waals surface area contributed by atoms with E-state index in [2.05, 4.69) is 27.3 Å². The zero-order valence-electron chi connectivity index (χ0n) is 10.8. The van der Waals surface area contributed by atoms with Gasteiger partial charge in [-0.05, 0) is 11.1 Å². The van der Waals surface area contributed by atoms with Gasteiger partial charge in [0.2, 0.25) is 0 Å². The van der Waals surface area contributed by atoms with Gasteiger partial charge in [0.1, 0.15) is 0 Å². The maximum atomic E-state index is 11.1. The van der Waals surface area contributed by atoms with Crippen LogP contribution in [0.1, 0.15) is 11.1 Å². The van der Waals surface area contributed by atoms with Crippen molar-refractivity contribution >= 4 is 16.8 Å². The molecule has 1 aromatic rings. The predicted octanol–water partition coefficient (Wildman–Crippen LogP) is 0.956. The maximum absolute atomic E-state index is 11.1. The summed E-state index contributed by atoms with van der Waals surface area (Å²) in [6.07, 6.45) is 1.73. The van der Waals surface area contributed by atoms with E-state index in [0.717, 1.165) is 31.2 Å². The Morgan fingerprint density at radius 2 is 2.00 bits per heavy atom. The standard InChI is InChI=1S/C13H19N3OS/c1-16-8-7-14-13(16)15-9-11-3-5-12(6-4-11)10-18(2)17/h3-6H,7-10H2,1-2H3,(H,14,15). The first-order valence-electron chi connectivity index (χ1n) is 6.02. The molecule has 0 amide bonds. The summed E-state index contributed by atoms with van der Waals surface area (Å²) in [6, 6.07) is 8.23. The van der Waals surface area contributed by atoms with E-state index in [4.69, 9.17) is 0 Å². The average Bonchev–Trinajstić information content (AvgIpc) is 2.73. The first-order valence-corrected chi connectivity index (χ1v) is 7.75. The number of rotatable bonds is 4. The Labute approximate surface area is 111 Å². The van der Waals surface area contributed by atoms with Gasteiger partial charge < -0.3 is 10.2 Å². The highest BCUT2D eigenvalue weighted by Gasteiger charge is 2.10. The minimum absolute atomic E-state index is 0.628. The molecule has 0 aliphatic carbocycles. The lowest BCUT2D eigenvalue weighted by atomic mass is 10.1. The third-order valence-electron chi connectivity index (χ3n) is 2.90. The summed E-state index contributed by atoms with van der Waals surface area (Å²) in [5.74, 6) is 1.59. The second-order valence-corrected chi connectivity index (χ2v) is 5.95. The molecule has 1 N–H and O–H groups in total. The number of aliphatic imine (C=N–C) groups is 1. The zero-order chi connectivity index (χ0) is 13.0. The van der Waals surface area contributed by atoms with Crippen molar-refractivity contribution in [3.63, 3.8) is 0 Å². The van der Waals surface area contributed by atoms with Crippen molar-refractivity contribution in [1.29, 1.82) is 0 Å². The smallest absolute Gasteiger partial charge is 0.194 e. The molecule has 18 heavy (non-hydrogen) atoms. The Bertz CT molecular complexity index is 456. The Hall–Kier alpha value is -1.36. The molecule has 0 saturated carbocycles. The Balaban J connectivity index is 1.88. The lowest BCUT2D eigenvalue weighted by Crippen LogP contribution is -2.35. The van der Waals surface area contributed by atoms with E-state index >= 15 is 0 Å². The molecule has 1 heterocycles. The minimum atomic E-state index is -0.775. The van der Waals surface area contributed by atoms with Crippen molar-refractivity contribution in [2.75, 3.05) is 26.4 Å². The van der Waals surface area contributed by atoms with Gasteiger partial charge in [-0.3, -0.25) is 9.20 Å². The number of hydrogen-bond acceptors (Lipinski definition) is 4. The molecule has 4 nitrogen and oxygen atoms in total. The molecule has 0 saturated heterocycles. The van der Waals surface area contributed by atoms with E-state index in [0.29, 0.717) is 5.75 Å². The lowest BCUT2D eigenvalue weighted by molar-refractivity contribution is 0.534. The van der Waals surface area contributed by atoms with E-state index in [-0.39, 0.29) is 0 Å². The lowest BCUT2D eigenvalue weighted by Gasteiger charge is -2.15. The van der Waals surface area contributed by atoms with Gasteiger partial charge in [0, 0.05) is 42.9 Å². The van der Waals surface area contributed by atoms with Gasteiger partial charge in [0.05, 0.1) is 6.54 Å². The van der Waals surface area contributed by atoms with Gasteiger partial charge in [0.25, 0.3) is 0 Å². The fourth-order valence-electron chi connectivity index (χ4n) is 1.89. The molecule has 98 valence electrons. The highest BCUT2D eigenvalue weighted by Crippen LogP contribution is 2.07. The van der Waals surface area contributed by atoms with Crippen LogP contribution in [0.2, 0.25) is 0 Å². The first-order chi connectivity index (χ1) is 8.65.